The molecule has 0 aliphatic carbocycles. The Bertz CT molecular complexity index is 988. The quantitative estimate of drug-likeness (QED) is 0.566. The van der Waals surface area contributed by atoms with Gasteiger partial charge in [-0.05, 0) is 54.8 Å². The van der Waals surface area contributed by atoms with Gasteiger partial charge in [0.25, 0.3) is 0 Å². The van der Waals surface area contributed by atoms with Crippen LogP contribution in [0.25, 0.3) is 0 Å². The number of rotatable bonds is 7. The molecule has 0 bridgehead atoms. The van der Waals surface area contributed by atoms with Crippen LogP contribution in [-0.2, 0) is 6.42 Å². The van der Waals surface area contributed by atoms with E-state index in [4.69, 9.17) is 9.47 Å². The molecule has 3 aromatic rings. The fourth-order valence-corrected chi connectivity index (χ4v) is 3.12. The predicted octanol–water partition coefficient (Wildman–Crippen LogP) is 5.08. The molecule has 0 saturated carbocycles. The number of aryl methyl sites for hydroxylation is 2. The Hall–Kier alpha value is -3.41. The number of carbonyl (C=O) groups excluding carboxylic acids is 1. The standard InChI is InChI=1S/C23H23FN2O3/c1-5-15-11-17(12-19(28-3)23(15)29-4)22(27)16-9-10-20(25-13-16)26-21-14(2)7-6-8-18(21)24/h6-13H,5H2,1-4H3,(H,25,26). The van der Waals surface area contributed by atoms with Crippen LogP contribution in [0.2, 0.25) is 0 Å². The molecule has 0 unspecified atom stereocenters. The normalized spacial score (nSPS) is 10.5. The highest BCUT2D eigenvalue weighted by Crippen LogP contribution is 2.33. The first-order valence-electron chi connectivity index (χ1n) is 9.26. The second kappa shape index (κ2) is 8.73. The summed E-state index contributed by atoms with van der Waals surface area (Å²) in [6, 6.07) is 11.6. The van der Waals surface area contributed by atoms with Gasteiger partial charge in [-0.15, -0.1) is 0 Å². The van der Waals surface area contributed by atoms with Crippen LogP contribution < -0.4 is 14.8 Å². The van der Waals surface area contributed by atoms with E-state index in [-0.39, 0.29) is 11.6 Å². The molecule has 0 amide bonds. The van der Waals surface area contributed by atoms with Gasteiger partial charge in [0.15, 0.2) is 17.3 Å². The molecule has 0 aliphatic heterocycles. The van der Waals surface area contributed by atoms with E-state index in [1.54, 1.807) is 37.4 Å². The highest BCUT2D eigenvalue weighted by molar-refractivity contribution is 6.09. The van der Waals surface area contributed by atoms with Gasteiger partial charge < -0.3 is 14.8 Å². The van der Waals surface area contributed by atoms with Gasteiger partial charge in [-0.1, -0.05) is 19.1 Å². The van der Waals surface area contributed by atoms with Gasteiger partial charge in [-0.3, -0.25) is 4.79 Å². The van der Waals surface area contributed by atoms with Crippen molar-refractivity contribution >= 4 is 17.3 Å². The third-order valence-corrected chi connectivity index (χ3v) is 4.70. The van der Waals surface area contributed by atoms with Crippen molar-refractivity contribution in [3.05, 3.63) is 76.7 Å². The van der Waals surface area contributed by atoms with E-state index in [1.807, 2.05) is 19.9 Å². The molecule has 29 heavy (non-hydrogen) atoms. The summed E-state index contributed by atoms with van der Waals surface area (Å²) in [4.78, 5) is 17.2. The molecule has 0 aliphatic rings. The predicted molar refractivity (Wildman–Crippen MR) is 111 cm³/mol. The summed E-state index contributed by atoms with van der Waals surface area (Å²) in [6.45, 7) is 3.80. The number of nitrogens with zero attached hydrogens (tertiary/aromatic N) is 1. The third-order valence-electron chi connectivity index (χ3n) is 4.70. The largest absolute Gasteiger partial charge is 0.493 e. The van der Waals surface area contributed by atoms with Gasteiger partial charge in [0.05, 0.1) is 19.9 Å². The van der Waals surface area contributed by atoms with Crippen molar-refractivity contribution in [2.45, 2.75) is 20.3 Å². The van der Waals surface area contributed by atoms with E-state index in [0.717, 1.165) is 11.1 Å². The molecule has 2 aromatic carbocycles. The van der Waals surface area contributed by atoms with Crippen LogP contribution in [0.1, 0.15) is 34.0 Å². The monoisotopic (exact) mass is 394 g/mol. The Balaban J connectivity index is 1.87. The van der Waals surface area contributed by atoms with Crippen LogP contribution in [0, 0.1) is 12.7 Å². The number of methoxy groups -OCH3 is 2. The number of anilines is 2. The molecule has 3 rings (SSSR count). The lowest BCUT2D eigenvalue weighted by Gasteiger charge is -2.14. The zero-order valence-electron chi connectivity index (χ0n) is 16.9. The molecular formula is C23H23FN2O3. The van der Waals surface area contributed by atoms with Crippen molar-refractivity contribution in [1.82, 2.24) is 4.98 Å². The molecule has 0 spiro atoms. The molecular weight excluding hydrogens is 371 g/mol. The SMILES string of the molecule is CCc1cc(C(=O)c2ccc(Nc3c(C)cccc3F)nc2)cc(OC)c1OC. The van der Waals surface area contributed by atoms with Crippen LogP contribution >= 0.6 is 0 Å². The number of hydrogen-bond donors (Lipinski definition) is 1. The summed E-state index contributed by atoms with van der Waals surface area (Å²) in [6.07, 6.45) is 2.17. The van der Waals surface area contributed by atoms with E-state index in [2.05, 4.69) is 10.3 Å². The van der Waals surface area contributed by atoms with Crippen molar-refractivity contribution in [3.63, 3.8) is 0 Å². The first-order chi connectivity index (χ1) is 14.0. The molecule has 0 saturated heterocycles. The number of ketones is 1. The zero-order chi connectivity index (χ0) is 21.0. The first-order valence-corrected chi connectivity index (χ1v) is 9.26. The maximum absolute atomic E-state index is 14.0. The minimum atomic E-state index is -0.357. The minimum absolute atomic E-state index is 0.179. The highest BCUT2D eigenvalue weighted by atomic mass is 19.1. The first kappa shape index (κ1) is 20.3. The smallest absolute Gasteiger partial charge is 0.194 e. The summed E-state index contributed by atoms with van der Waals surface area (Å²) in [7, 11) is 3.11. The molecule has 0 fully saturated rings. The zero-order valence-corrected chi connectivity index (χ0v) is 16.9. The van der Waals surface area contributed by atoms with E-state index >= 15 is 0 Å². The van der Waals surface area contributed by atoms with E-state index in [0.29, 0.717) is 40.6 Å². The minimum Gasteiger partial charge on any atom is -0.493 e. The lowest BCUT2D eigenvalue weighted by atomic mass is 10.00. The van der Waals surface area contributed by atoms with Crippen molar-refractivity contribution in [2.24, 2.45) is 0 Å². The Morgan fingerprint density at radius 1 is 1.10 bits per heavy atom. The lowest BCUT2D eigenvalue weighted by molar-refractivity contribution is 0.103. The fourth-order valence-electron chi connectivity index (χ4n) is 3.12. The second-order valence-corrected chi connectivity index (χ2v) is 6.54. The maximum atomic E-state index is 14.0. The number of nitrogens with one attached hydrogen (secondary N) is 1. The number of pyridine rings is 1. The van der Waals surface area contributed by atoms with E-state index in [9.17, 15) is 9.18 Å². The van der Waals surface area contributed by atoms with Crippen LogP contribution in [-0.4, -0.2) is 25.0 Å². The Labute approximate surface area is 169 Å². The number of benzene rings is 2. The number of para-hydroxylation sites is 1. The average Bonchev–Trinajstić information content (AvgIpc) is 2.75. The van der Waals surface area contributed by atoms with Crippen LogP contribution in [0.3, 0.4) is 0 Å². The van der Waals surface area contributed by atoms with Gasteiger partial charge >= 0.3 is 0 Å². The highest BCUT2D eigenvalue weighted by Gasteiger charge is 2.17. The summed E-state index contributed by atoms with van der Waals surface area (Å²) >= 11 is 0. The van der Waals surface area contributed by atoms with E-state index in [1.165, 1.54) is 19.4 Å². The number of halogens is 1. The molecule has 1 heterocycles. The van der Waals surface area contributed by atoms with Gasteiger partial charge in [-0.25, -0.2) is 9.37 Å². The molecule has 1 aromatic heterocycles. The lowest BCUT2D eigenvalue weighted by Crippen LogP contribution is -2.06. The molecule has 6 heteroatoms. The second-order valence-electron chi connectivity index (χ2n) is 6.54. The molecule has 1 N–H and O–H groups in total. The van der Waals surface area contributed by atoms with E-state index < -0.39 is 0 Å². The summed E-state index contributed by atoms with van der Waals surface area (Å²) in [5.74, 6) is 1.06. The van der Waals surface area contributed by atoms with Crippen LogP contribution in [0.4, 0.5) is 15.9 Å². The van der Waals surface area contributed by atoms with Gasteiger partial charge in [-0.2, -0.15) is 0 Å². The summed E-state index contributed by atoms with van der Waals surface area (Å²) in [5, 5.41) is 2.96. The number of ether oxygens (including phenoxy) is 2. The topological polar surface area (TPSA) is 60.5 Å². The maximum Gasteiger partial charge on any atom is 0.194 e. The summed E-state index contributed by atoms with van der Waals surface area (Å²) in [5.41, 5.74) is 2.94. The van der Waals surface area contributed by atoms with Gasteiger partial charge in [0.2, 0.25) is 0 Å². The average molecular weight is 394 g/mol. The molecule has 150 valence electrons. The van der Waals surface area contributed by atoms with Crippen molar-refractivity contribution < 1.29 is 18.7 Å². The van der Waals surface area contributed by atoms with Gasteiger partial charge in [0, 0.05) is 17.3 Å². The fraction of sp³-hybridized carbons (Fsp3) is 0.217. The molecule has 5 nitrogen and oxygen atoms in total. The molecule has 0 atom stereocenters. The Morgan fingerprint density at radius 2 is 1.90 bits per heavy atom. The Morgan fingerprint density at radius 3 is 2.48 bits per heavy atom. The Kier molecular flexibility index (Phi) is 6.12. The number of hydrogen-bond acceptors (Lipinski definition) is 5. The number of carbonyl (C=O) groups is 1. The van der Waals surface area contributed by atoms with Crippen LogP contribution in [0.15, 0.2) is 48.7 Å². The number of aromatic nitrogens is 1. The third kappa shape index (κ3) is 4.21. The molecule has 0 radical (unpaired) electrons. The van der Waals surface area contributed by atoms with Crippen molar-refractivity contribution in [3.8, 4) is 11.5 Å². The van der Waals surface area contributed by atoms with Crippen molar-refractivity contribution in [1.29, 1.82) is 0 Å². The van der Waals surface area contributed by atoms with Crippen molar-refractivity contribution in [2.75, 3.05) is 19.5 Å². The van der Waals surface area contributed by atoms with Gasteiger partial charge in [0.1, 0.15) is 11.6 Å². The van der Waals surface area contributed by atoms with Crippen LogP contribution in [0.5, 0.6) is 11.5 Å². The summed E-state index contributed by atoms with van der Waals surface area (Å²) < 4.78 is 24.8.